The van der Waals surface area contributed by atoms with Crippen molar-refractivity contribution in [3.63, 3.8) is 0 Å². The van der Waals surface area contributed by atoms with Crippen LogP contribution in [0.2, 0.25) is 0 Å². The maximum Gasteiger partial charge on any atom is 0.257 e. The van der Waals surface area contributed by atoms with Crippen LogP contribution in [0.3, 0.4) is 0 Å². The Bertz CT molecular complexity index is 657. The van der Waals surface area contributed by atoms with Crippen LogP contribution in [0.5, 0.6) is 0 Å². The van der Waals surface area contributed by atoms with Crippen LogP contribution in [0.15, 0.2) is 29.2 Å². The summed E-state index contributed by atoms with van der Waals surface area (Å²) in [6.07, 6.45) is 1.46. The molecule has 2 rings (SSSR count). The molecule has 4 nitrogen and oxygen atoms in total. The van der Waals surface area contributed by atoms with E-state index in [4.69, 9.17) is 0 Å². The average Bonchev–Trinajstić information content (AvgIpc) is 2.75. The largest absolute Gasteiger partial charge is 0.364 e. The van der Waals surface area contributed by atoms with Crippen LogP contribution in [0.25, 0.3) is 0 Å². The highest BCUT2D eigenvalue weighted by atomic mass is 32.1. The standard InChI is InChI=1S/C14H16N2O2S/c1-8-6-12(17)11(7-15-8)14(18)16-10(3)13-5-4-9(2)19-13/h4-7,10H,1-3H3,(H,15,17)(H,16,18). The lowest BCUT2D eigenvalue weighted by molar-refractivity contribution is 0.0939. The molecule has 19 heavy (non-hydrogen) atoms. The molecule has 0 aromatic carbocycles. The molecule has 1 atom stereocenters. The summed E-state index contributed by atoms with van der Waals surface area (Å²) in [5.41, 5.74) is 0.623. The highest BCUT2D eigenvalue weighted by Crippen LogP contribution is 2.22. The van der Waals surface area contributed by atoms with Gasteiger partial charge in [-0.05, 0) is 32.9 Å². The SMILES string of the molecule is Cc1cc(=O)c(C(=O)NC(C)c2ccc(C)s2)c[nH]1. The fourth-order valence-electron chi connectivity index (χ4n) is 1.78. The molecule has 2 aromatic heterocycles. The van der Waals surface area contributed by atoms with Gasteiger partial charge in [0.05, 0.1) is 6.04 Å². The van der Waals surface area contributed by atoms with E-state index in [1.165, 1.54) is 17.1 Å². The Morgan fingerprint density at radius 1 is 1.37 bits per heavy atom. The number of H-pyrrole nitrogens is 1. The maximum absolute atomic E-state index is 12.0. The number of aromatic nitrogens is 1. The van der Waals surface area contributed by atoms with Gasteiger partial charge in [0.1, 0.15) is 5.56 Å². The summed E-state index contributed by atoms with van der Waals surface area (Å²) in [4.78, 5) is 28.9. The Balaban J connectivity index is 2.15. The fraction of sp³-hybridized carbons (Fsp3) is 0.286. The van der Waals surface area contributed by atoms with Crippen molar-refractivity contribution in [3.8, 4) is 0 Å². The normalized spacial score (nSPS) is 12.2. The summed E-state index contributed by atoms with van der Waals surface area (Å²) in [6, 6.07) is 5.33. The number of aromatic amines is 1. The van der Waals surface area contributed by atoms with Crippen molar-refractivity contribution < 1.29 is 4.79 Å². The molecule has 1 unspecified atom stereocenters. The molecule has 100 valence electrons. The second-order valence-corrected chi connectivity index (χ2v) is 5.86. The molecular formula is C14H16N2O2S. The molecule has 0 spiro atoms. The Morgan fingerprint density at radius 2 is 2.11 bits per heavy atom. The zero-order valence-corrected chi connectivity index (χ0v) is 11.9. The van der Waals surface area contributed by atoms with E-state index in [-0.39, 0.29) is 22.9 Å². The number of thiophene rings is 1. The third-order valence-electron chi connectivity index (χ3n) is 2.84. The first-order valence-electron chi connectivity index (χ1n) is 6.04. The molecule has 0 aliphatic rings. The second-order valence-electron chi connectivity index (χ2n) is 4.54. The van der Waals surface area contributed by atoms with E-state index >= 15 is 0 Å². The number of nitrogens with one attached hydrogen (secondary N) is 2. The zero-order valence-electron chi connectivity index (χ0n) is 11.1. The maximum atomic E-state index is 12.0. The molecule has 0 saturated carbocycles. The van der Waals surface area contributed by atoms with E-state index in [9.17, 15) is 9.59 Å². The number of carbonyl (C=O) groups excluding carboxylic acids is 1. The molecule has 0 fully saturated rings. The number of hydrogen-bond donors (Lipinski definition) is 2. The first kappa shape index (κ1) is 13.5. The van der Waals surface area contributed by atoms with Crippen molar-refractivity contribution in [2.45, 2.75) is 26.8 Å². The van der Waals surface area contributed by atoms with Crippen LogP contribution in [-0.2, 0) is 0 Å². The summed E-state index contributed by atoms with van der Waals surface area (Å²) in [6.45, 7) is 5.71. The molecule has 2 heterocycles. The van der Waals surface area contributed by atoms with E-state index in [2.05, 4.69) is 10.3 Å². The summed E-state index contributed by atoms with van der Waals surface area (Å²) in [5.74, 6) is -0.347. The summed E-state index contributed by atoms with van der Waals surface area (Å²) < 4.78 is 0. The van der Waals surface area contributed by atoms with E-state index in [1.54, 1.807) is 18.3 Å². The summed E-state index contributed by atoms with van der Waals surface area (Å²) in [7, 11) is 0. The van der Waals surface area contributed by atoms with Gasteiger partial charge < -0.3 is 10.3 Å². The predicted molar refractivity (Wildman–Crippen MR) is 76.7 cm³/mol. The van der Waals surface area contributed by atoms with Gasteiger partial charge in [0.15, 0.2) is 5.43 Å². The van der Waals surface area contributed by atoms with E-state index in [0.717, 1.165) is 10.6 Å². The number of rotatable bonds is 3. The molecule has 0 aliphatic heterocycles. The molecule has 5 heteroatoms. The highest BCUT2D eigenvalue weighted by molar-refractivity contribution is 7.12. The average molecular weight is 276 g/mol. The molecule has 0 radical (unpaired) electrons. The second kappa shape index (κ2) is 5.40. The molecule has 0 saturated heterocycles. The summed E-state index contributed by atoms with van der Waals surface area (Å²) in [5, 5.41) is 2.84. The van der Waals surface area contributed by atoms with Gasteiger partial charge in [0, 0.05) is 27.7 Å². The number of amides is 1. The van der Waals surface area contributed by atoms with Gasteiger partial charge in [-0.25, -0.2) is 0 Å². The predicted octanol–water partition coefficient (Wildman–Crippen LogP) is 2.54. The van der Waals surface area contributed by atoms with Crippen molar-refractivity contribution >= 4 is 17.2 Å². The van der Waals surface area contributed by atoms with Crippen LogP contribution in [0.1, 0.15) is 38.8 Å². The molecular weight excluding hydrogens is 260 g/mol. The van der Waals surface area contributed by atoms with E-state index in [0.29, 0.717) is 0 Å². The first-order valence-corrected chi connectivity index (χ1v) is 6.85. The van der Waals surface area contributed by atoms with Gasteiger partial charge in [0.2, 0.25) is 0 Å². The summed E-state index contributed by atoms with van der Waals surface area (Å²) >= 11 is 1.64. The van der Waals surface area contributed by atoms with Crippen molar-refractivity contribution in [3.05, 3.63) is 55.6 Å². The molecule has 0 bridgehead atoms. The molecule has 1 amide bonds. The fourth-order valence-corrected chi connectivity index (χ4v) is 2.66. The Hall–Kier alpha value is -1.88. The van der Waals surface area contributed by atoms with Crippen LogP contribution >= 0.6 is 11.3 Å². The van der Waals surface area contributed by atoms with Crippen molar-refractivity contribution in [2.24, 2.45) is 0 Å². The molecule has 2 aromatic rings. The van der Waals surface area contributed by atoms with E-state index < -0.39 is 0 Å². The first-order chi connectivity index (χ1) is 8.97. The lowest BCUT2D eigenvalue weighted by Crippen LogP contribution is -2.30. The molecule has 2 N–H and O–H groups in total. The van der Waals surface area contributed by atoms with Crippen molar-refractivity contribution in [1.29, 1.82) is 0 Å². The minimum absolute atomic E-state index is 0.105. The van der Waals surface area contributed by atoms with Gasteiger partial charge in [-0.3, -0.25) is 9.59 Å². The number of aryl methyl sites for hydroxylation is 2. The van der Waals surface area contributed by atoms with Gasteiger partial charge in [-0.1, -0.05) is 0 Å². The van der Waals surface area contributed by atoms with E-state index in [1.807, 2.05) is 26.0 Å². The number of carbonyl (C=O) groups is 1. The highest BCUT2D eigenvalue weighted by Gasteiger charge is 2.15. The number of pyridine rings is 1. The lowest BCUT2D eigenvalue weighted by Gasteiger charge is -2.11. The smallest absolute Gasteiger partial charge is 0.257 e. The van der Waals surface area contributed by atoms with Crippen LogP contribution in [0, 0.1) is 13.8 Å². The lowest BCUT2D eigenvalue weighted by atomic mass is 10.2. The van der Waals surface area contributed by atoms with Gasteiger partial charge >= 0.3 is 0 Å². The zero-order chi connectivity index (χ0) is 14.0. The Labute approximate surface area is 115 Å². The minimum atomic E-state index is -0.347. The monoisotopic (exact) mass is 276 g/mol. The third-order valence-corrected chi connectivity index (χ3v) is 4.02. The van der Waals surface area contributed by atoms with Crippen LogP contribution in [-0.4, -0.2) is 10.9 Å². The van der Waals surface area contributed by atoms with Gasteiger partial charge in [-0.15, -0.1) is 11.3 Å². The molecule has 0 aliphatic carbocycles. The minimum Gasteiger partial charge on any atom is -0.364 e. The van der Waals surface area contributed by atoms with Crippen molar-refractivity contribution in [2.75, 3.05) is 0 Å². The van der Waals surface area contributed by atoms with Crippen LogP contribution < -0.4 is 10.7 Å². The Morgan fingerprint density at radius 3 is 2.68 bits per heavy atom. The topological polar surface area (TPSA) is 62.0 Å². The third kappa shape index (κ3) is 3.12. The van der Waals surface area contributed by atoms with Crippen molar-refractivity contribution in [1.82, 2.24) is 10.3 Å². The van der Waals surface area contributed by atoms with Crippen LogP contribution in [0.4, 0.5) is 0 Å². The van der Waals surface area contributed by atoms with Gasteiger partial charge in [0.25, 0.3) is 5.91 Å². The Kier molecular flexibility index (Phi) is 3.85. The number of hydrogen-bond acceptors (Lipinski definition) is 3. The quantitative estimate of drug-likeness (QED) is 0.905. The van der Waals surface area contributed by atoms with Gasteiger partial charge in [-0.2, -0.15) is 0 Å².